The quantitative estimate of drug-likeness (QED) is 0.816. The number of rotatable bonds is 3. The van der Waals surface area contributed by atoms with Gasteiger partial charge in [-0.05, 0) is 100 Å². The third-order valence-corrected chi connectivity index (χ3v) is 9.62. The number of carbonyl (C=O) groups is 1. The molecule has 0 radical (unpaired) electrons. The fourth-order valence-electron chi connectivity index (χ4n) is 8.28. The third kappa shape index (κ3) is 3.19. The van der Waals surface area contributed by atoms with Crippen LogP contribution in [0.1, 0.15) is 84.6 Å². The summed E-state index contributed by atoms with van der Waals surface area (Å²) in [6.45, 7) is 6.47. The Kier molecular flexibility index (Phi) is 4.69. The van der Waals surface area contributed by atoms with Gasteiger partial charge in [0.1, 0.15) is 6.04 Å². The van der Waals surface area contributed by atoms with E-state index in [4.69, 9.17) is 0 Å². The molecule has 0 bridgehead atoms. The highest BCUT2D eigenvalue weighted by molar-refractivity contribution is 5.85. The highest BCUT2D eigenvalue weighted by Gasteiger charge is 2.59. The first-order valence-electron chi connectivity index (χ1n) is 11.9. The summed E-state index contributed by atoms with van der Waals surface area (Å²) in [5, 5.41) is 19.3. The van der Waals surface area contributed by atoms with E-state index in [9.17, 15) is 9.90 Å². The summed E-state index contributed by atoms with van der Waals surface area (Å²) in [5.41, 5.74) is -0.132. The van der Waals surface area contributed by atoms with E-state index < -0.39 is 5.60 Å². The molecule has 0 aromatic carbocycles. The molecule has 0 spiro atoms. The Morgan fingerprint density at radius 3 is 2.59 bits per heavy atom. The van der Waals surface area contributed by atoms with Crippen LogP contribution in [0.5, 0.6) is 0 Å². The number of fused-ring (bicyclic) bond motifs is 5. The number of Topliss-reactive ketones (excluding diaryl/α,β-unsaturated/α-hetero) is 1. The van der Waals surface area contributed by atoms with Crippen LogP contribution in [0.4, 0.5) is 0 Å². The second kappa shape index (κ2) is 6.90. The lowest BCUT2D eigenvalue weighted by Gasteiger charge is -2.58. The minimum Gasteiger partial charge on any atom is -0.390 e. The SMILES string of the molecule is CC(C(=O)C1C[C@@H]2C[C@](C)(O)CC[C@@H]2[C@H]2CC[C@]3(C)CCC[C@H]3[C@H]12)n1nccn1. The monoisotopic (exact) mass is 399 g/mol. The predicted molar refractivity (Wildman–Crippen MR) is 111 cm³/mol. The Balaban J connectivity index is 1.49. The van der Waals surface area contributed by atoms with Crippen molar-refractivity contribution in [1.29, 1.82) is 0 Å². The first kappa shape index (κ1) is 19.7. The van der Waals surface area contributed by atoms with E-state index in [1.807, 2.05) is 13.8 Å². The molecule has 4 saturated carbocycles. The zero-order valence-electron chi connectivity index (χ0n) is 18.3. The molecule has 1 heterocycles. The molecule has 160 valence electrons. The molecular weight excluding hydrogens is 362 g/mol. The van der Waals surface area contributed by atoms with Crippen molar-refractivity contribution in [1.82, 2.24) is 15.0 Å². The van der Waals surface area contributed by atoms with Gasteiger partial charge in [-0.3, -0.25) is 4.79 Å². The molecule has 0 amide bonds. The average Bonchev–Trinajstić information content (AvgIpc) is 3.34. The molecule has 9 atom stereocenters. The lowest BCUT2D eigenvalue weighted by molar-refractivity contribution is -0.149. The number of hydrogen-bond donors (Lipinski definition) is 1. The van der Waals surface area contributed by atoms with Crippen LogP contribution in [0.3, 0.4) is 0 Å². The largest absolute Gasteiger partial charge is 0.390 e. The minimum atomic E-state index is -0.562. The van der Waals surface area contributed by atoms with E-state index in [0.717, 1.165) is 25.7 Å². The fraction of sp³-hybridized carbons (Fsp3) is 0.875. The second-order valence-corrected chi connectivity index (χ2v) is 11.4. The number of hydrogen-bond acceptors (Lipinski definition) is 4. The number of carbonyl (C=O) groups excluding carboxylic acids is 1. The van der Waals surface area contributed by atoms with E-state index >= 15 is 0 Å². The van der Waals surface area contributed by atoms with Gasteiger partial charge in [-0.2, -0.15) is 15.0 Å². The van der Waals surface area contributed by atoms with E-state index in [1.165, 1.54) is 32.1 Å². The summed E-state index contributed by atoms with van der Waals surface area (Å²) in [6.07, 6.45) is 13.8. The van der Waals surface area contributed by atoms with Gasteiger partial charge >= 0.3 is 0 Å². The summed E-state index contributed by atoms with van der Waals surface area (Å²) in [7, 11) is 0. The van der Waals surface area contributed by atoms with Crippen molar-refractivity contribution in [2.75, 3.05) is 0 Å². The predicted octanol–water partition coefficient (Wildman–Crippen LogP) is 4.43. The highest BCUT2D eigenvalue weighted by Crippen LogP contribution is 2.64. The van der Waals surface area contributed by atoms with Crippen molar-refractivity contribution in [3.63, 3.8) is 0 Å². The van der Waals surface area contributed by atoms with Crippen LogP contribution in [0, 0.1) is 40.9 Å². The molecule has 29 heavy (non-hydrogen) atoms. The van der Waals surface area contributed by atoms with E-state index in [1.54, 1.807) is 17.2 Å². The Morgan fingerprint density at radius 1 is 1.10 bits per heavy atom. The second-order valence-electron chi connectivity index (χ2n) is 11.4. The van der Waals surface area contributed by atoms with Crippen molar-refractivity contribution < 1.29 is 9.90 Å². The first-order chi connectivity index (χ1) is 13.8. The van der Waals surface area contributed by atoms with Gasteiger partial charge in [0.15, 0.2) is 5.78 Å². The minimum absolute atomic E-state index is 0.0962. The molecule has 1 aromatic heterocycles. The number of aliphatic hydroxyl groups is 1. The number of aromatic nitrogens is 3. The Morgan fingerprint density at radius 2 is 1.83 bits per heavy atom. The van der Waals surface area contributed by atoms with Crippen molar-refractivity contribution in [3.05, 3.63) is 12.4 Å². The van der Waals surface area contributed by atoms with Gasteiger partial charge in [-0.1, -0.05) is 13.3 Å². The molecule has 5 rings (SSSR count). The van der Waals surface area contributed by atoms with Gasteiger partial charge in [-0.15, -0.1) is 0 Å². The smallest absolute Gasteiger partial charge is 0.162 e. The molecule has 4 fully saturated rings. The molecule has 1 aromatic rings. The zero-order valence-corrected chi connectivity index (χ0v) is 18.3. The maximum absolute atomic E-state index is 13.8. The molecule has 4 aliphatic rings. The van der Waals surface area contributed by atoms with Crippen LogP contribution >= 0.6 is 0 Å². The number of nitrogens with zero attached hydrogens (tertiary/aromatic N) is 3. The zero-order chi connectivity index (χ0) is 20.4. The molecule has 0 saturated heterocycles. The molecule has 1 N–H and O–H groups in total. The van der Waals surface area contributed by atoms with Crippen LogP contribution in [0.25, 0.3) is 0 Å². The fourth-order valence-corrected chi connectivity index (χ4v) is 8.28. The van der Waals surface area contributed by atoms with Gasteiger partial charge in [0, 0.05) is 5.92 Å². The molecule has 0 aliphatic heterocycles. The van der Waals surface area contributed by atoms with Crippen LogP contribution in [0.15, 0.2) is 12.4 Å². The van der Waals surface area contributed by atoms with Crippen molar-refractivity contribution >= 4 is 5.78 Å². The van der Waals surface area contributed by atoms with E-state index in [2.05, 4.69) is 17.1 Å². The van der Waals surface area contributed by atoms with Crippen LogP contribution in [0.2, 0.25) is 0 Å². The van der Waals surface area contributed by atoms with Gasteiger partial charge in [-0.25, -0.2) is 0 Å². The summed E-state index contributed by atoms with van der Waals surface area (Å²) in [5.74, 6) is 3.48. The maximum Gasteiger partial charge on any atom is 0.162 e. The molecular formula is C24H37N3O2. The lowest BCUT2D eigenvalue weighted by Crippen LogP contribution is -2.55. The van der Waals surface area contributed by atoms with Crippen LogP contribution < -0.4 is 0 Å². The number of ketones is 1. The topological polar surface area (TPSA) is 68.0 Å². The highest BCUT2D eigenvalue weighted by atomic mass is 16.3. The first-order valence-corrected chi connectivity index (χ1v) is 11.9. The summed E-state index contributed by atoms with van der Waals surface area (Å²) < 4.78 is 0. The normalized spacial score (nSPS) is 47.7. The van der Waals surface area contributed by atoms with Gasteiger partial charge in [0.25, 0.3) is 0 Å². The van der Waals surface area contributed by atoms with Gasteiger partial charge in [0.05, 0.1) is 18.0 Å². The Bertz CT molecular complexity index is 760. The van der Waals surface area contributed by atoms with Crippen molar-refractivity contribution in [2.45, 2.75) is 90.2 Å². The summed E-state index contributed by atoms with van der Waals surface area (Å²) in [4.78, 5) is 15.4. The maximum atomic E-state index is 13.8. The molecule has 4 aliphatic carbocycles. The third-order valence-electron chi connectivity index (χ3n) is 9.62. The van der Waals surface area contributed by atoms with Crippen molar-refractivity contribution in [2.24, 2.45) is 40.9 Å². The van der Waals surface area contributed by atoms with Crippen molar-refractivity contribution in [3.8, 4) is 0 Å². The lowest BCUT2D eigenvalue weighted by atomic mass is 9.46. The van der Waals surface area contributed by atoms with E-state index in [-0.39, 0.29) is 12.0 Å². The Hall–Kier alpha value is -1.23. The summed E-state index contributed by atoms with van der Waals surface area (Å²) >= 11 is 0. The Labute approximate surface area is 174 Å². The van der Waals surface area contributed by atoms with Crippen LogP contribution in [-0.2, 0) is 4.79 Å². The molecule has 5 heteroatoms. The van der Waals surface area contributed by atoms with E-state index in [0.29, 0.717) is 40.8 Å². The summed E-state index contributed by atoms with van der Waals surface area (Å²) in [6, 6.07) is -0.300. The van der Waals surface area contributed by atoms with Gasteiger partial charge < -0.3 is 5.11 Å². The average molecular weight is 400 g/mol. The van der Waals surface area contributed by atoms with Crippen LogP contribution in [-0.4, -0.2) is 31.5 Å². The molecule has 2 unspecified atom stereocenters. The molecule has 5 nitrogen and oxygen atoms in total. The standard InChI is InChI=1S/C24H37N3O2/c1-15(27-25-11-12-26-27)22(28)19-13-16-14-24(3,29)10-7-17(16)18-6-9-23(2)8-4-5-20(23)21(18)19/h11-12,15-21,29H,4-10,13-14H2,1-3H3/t15?,16-,17+,18-,19?,20+,21+,23+,24-/m1/s1. The van der Waals surface area contributed by atoms with Gasteiger partial charge in [0.2, 0.25) is 0 Å².